The van der Waals surface area contributed by atoms with Crippen molar-refractivity contribution < 1.29 is 18.7 Å². The molecule has 119 valence electrons. The van der Waals surface area contributed by atoms with Crippen LogP contribution in [0.25, 0.3) is 0 Å². The molecule has 5 nitrogen and oxygen atoms in total. The molecule has 2 aliphatic rings. The van der Waals surface area contributed by atoms with Crippen molar-refractivity contribution in [1.82, 2.24) is 9.80 Å². The summed E-state index contributed by atoms with van der Waals surface area (Å²) in [4.78, 5) is 16.1. The molecule has 0 saturated carbocycles. The van der Waals surface area contributed by atoms with Crippen molar-refractivity contribution in [2.24, 2.45) is 0 Å². The monoisotopic (exact) mass is 307 g/mol. The van der Waals surface area contributed by atoms with Gasteiger partial charge in [0, 0.05) is 25.7 Å². The molecule has 2 saturated heterocycles. The first-order valence-electron chi connectivity index (χ1n) is 7.67. The van der Waals surface area contributed by atoms with Gasteiger partial charge in [-0.15, -0.1) is 0 Å². The number of morpholine rings is 1. The maximum Gasteiger partial charge on any atom is 0.320 e. The Hall–Kier alpha value is -1.82. The molecule has 3 rings (SSSR count). The number of likely N-dealkylation sites (tertiary alicyclic amines) is 1. The van der Waals surface area contributed by atoms with Crippen LogP contribution in [0.3, 0.4) is 0 Å². The summed E-state index contributed by atoms with van der Waals surface area (Å²) in [5, 5.41) is 0. The number of amides is 2. The van der Waals surface area contributed by atoms with Gasteiger partial charge >= 0.3 is 6.03 Å². The van der Waals surface area contributed by atoms with E-state index in [1.165, 1.54) is 12.1 Å². The number of halogens is 1. The number of piperidine rings is 1. The first kappa shape index (κ1) is 15.1. The van der Waals surface area contributed by atoms with Gasteiger partial charge in [-0.2, -0.15) is 0 Å². The van der Waals surface area contributed by atoms with Crippen molar-refractivity contribution in [2.75, 3.05) is 39.4 Å². The Morgan fingerprint density at radius 1 is 1.27 bits per heavy atom. The molecule has 1 atom stereocenters. The molecule has 0 spiro atoms. The third kappa shape index (κ3) is 3.68. The fraction of sp³-hybridized carbons (Fsp3) is 0.562. The van der Waals surface area contributed by atoms with E-state index < -0.39 is 0 Å². The molecule has 1 unspecified atom stereocenters. The summed E-state index contributed by atoms with van der Waals surface area (Å²) in [5.74, 6) is 0.0974. The number of ether oxygens (including phenoxy) is 2. The van der Waals surface area contributed by atoms with E-state index in [2.05, 4.69) is 6.07 Å². The van der Waals surface area contributed by atoms with Gasteiger partial charge in [-0.25, -0.2) is 9.18 Å². The average molecular weight is 307 g/mol. The van der Waals surface area contributed by atoms with Crippen molar-refractivity contribution >= 4 is 6.03 Å². The van der Waals surface area contributed by atoms with Gasteiger partial charge in [0.2, 0.25) is 0 Å². The van der Waals surface area contributed by atoms with E-state index in [1.54, 1.807) is 6.07 Å². The highest BCUT2D eigenvalue weighted by Gasteiger charge is 2.28. The van der Waals surface area contributed by atoms with E-state index >= 15 is 0 Å². The highest BCUT2D eigenvalue weighted by Crippen LogP contribution is 2.20. The molecule has 1 aromatic carbocycles. The van der Waals surface area contributed by atoms with Gasteiger partial charge in [-0.05, 0) is 31.0 Å². The van der Waals surface area contributed by atoms with Crippen molar-refractivity contribution in [2.45, 2.75) is 18.9 Å². The summed E-state index contributed by atoms with van der Waals surface area (Å²) in [7, 11) is 0. The molecule has 0 aliphatic carbocycles. The van der Waals surface area contributed by atoms with Crippen LogP contribution in [-0.2, 0) is 4.74 Å². The Morgan fingerprint density at radius 2 is 2.09 bits per heavy atom. The predicted octanol–water partition coefficient (Wildman–Crippen LogP) is 1.92. The molecule has 0 aromatic heterocycles. The Labute approximate surface area is 129 Å². The lowest BCUT2D eigenvalue weighted by Gasteiger charge is -2.37. The molecular weight excluding hydrogens is 287 g/mol. The standard InChI is InChI=1S/C16H20FN2O3/c17-13-3-1-4-14(11-13)22-15-5-2-6-19(12-15)16(20)18-7-9-21-10-8-18/h3-4,11,15H,2,5-10,12H2. The summed E-state index contributed by atoms with van der Waals surface area (Å²) < 4.78 is 24.2. The van der Waals surface area contributed by atoms with Gasteiger partial charge in [-0.3, -0.25) is 0 Å². The summed E-state index contributed by atoms with van der Waals surface area (Å²) >= 11 is 0. The zero-order valence-electron chi connectivity index (χ0n) is 12.5. The second-order valence-electron chi connectivity index (χ2n) is 5.60. The van der Waals surface area contributed by atoms with Crippen LogP contribution < -0.4 is 4.74 Å². The second-order valence-corrected chi connectivity index (χ2v) is 5.60. The number of hydrogen-bond donors (Lipinski definition) is 0. The Kier molecular flexibility index (Phi) is 4.77. The largest absolute Gasteiger partial charge is 0.488 e. The van der Waals surface area contributed by atoms with Gasteiger partial charge in [0.25, 0.3) is 0 Å². The van der Waals surface area contributed by atoms with E-state index in [0.29, 0.717) is 38.6 Å². The van der Waals surface area contributed by atoms with E-state index in [9.17, 15) is 9.18 Å². The Morgan fingerprint density at radius 3 is 2.86 bits per heavy atom. The topological polar surface area (TPSA) is 42.0 Å². The Balaban J connectivity index is 1.57. The van der Waals surface area contributed by atoms with Crippen LogP contribution in [0.4, 0.5) is 9.18 Å². The number of hydrogen-bond acceptors (Lipinski definition) is 3. The number of nitrogens with zero attached hydrogens (tertiary/aromatic N) is 2. The minimum Gasteiger partial charge on any atom is -0.488 e. The first-order valence-corrected chi connectivity index (χ1v) is 7.67. The predicted molar refractivity (Wildman–Crippen MR) is 78.2 cm³/mol. The third-order valence-electron chi connectivity index (χ3n) is 3.96. The fourth-order valence-electron chi connectivity index (χ4n) is 2.85. The van der Waals surface area contributed by atoms with E-state index in [0.717, 1.165) is 19.4 Å². The molecule has 0 N–H and O–H groups in total. The molecule has 0 bridgehead atoms. The maximum absolute atomic E-state index is 13.2. The zero-order chi connectivity index (χ0) is 15.4. The van der Waals surface area contributed by atoms with Crippen LogP contribution in [-0.4, -0.2) is 61.3 Å². The lowest BCUT2D eigenvalue weighted by atomic mass is 10.1. The quantitative estimate of drug-likeness (QED) is 0.838. The summed E-state index contributed by atoms with van der Waals surface area (Å²) in [6.07, 6.45) is 1.65. The van der Waals surface area contributed by atoms with Crippen molar-refractivity contribution in [1.29, 1.82) is 0 Å². The van der Waals surface area contributed by atoms with Crippen molar-refractivity contribution in [3.63, 3.8) is 0 Å². The molecule has 2 fully saturated rings. The van der Waals surface area contributed by atoms with Crippen LogP contribution in [0.5, 0.6) is 5.75 Å². The number of rotatable bonds is 2. The number of carbonyl (C=O) groups is 1. The average Bonchev–Trinajstić information content (AvgIpc) is 2.55. The normalized spacial score (nSPS) is 22.5. The van der Waals surface area contributed by atoms with Crippen molar-refractivity contribution in [3.8, 4) is 5.75 Å². The van der Waals surface area contributed by atoms with Gasteiger partial charge in [0.15, 0.2) is 0 Å². The van der Waals surface area contributed by atoms with Crippen LogP contribution in [0.1, 0.15) is 12.8 Å². The maximum atomic E-state index is 13.2. The fourth-order valence-corrected chi connectivity index (χ4v) is 2.85. The summed E-state index contributed by atoms with van der Waals surface area (Å²) in [5.41, 5.74) is 0. The molecule has 2 amide bonds. The van der Waals surface area contributed by atoms with Gasteiger partial charge < -0.3 is 19.3 Å². The SMILES string of the molecule is O=C(N1CCOCC1)N1CCCC(Oc2c[c]cc(F)c2)C1. The molecular formula is C16H20FN2O3. The summed E-state index contributed by atoms with van der Waals surface area (Å²) in [6.45, 7) is 3.74. The third-order valence-corrected chi connectivity index (χ3v) is 3.96. The molecule has 2 heterocycles. The smallest absolute Gasteiger partial charge is 0.320 e. The van der Waals surface area contributed by atoms with Crippen LogP contribution in [0.2, 0.25) is 0 Å². The van der Waals surface area contributed by atoms with Crippen LogP contribution in [0.15, 0.2) is 18.2 Å². The van der Waals surface area contributed by atoms with E-state index in [1.807, 2.05) is 9.80 Å². The van der Waals surface area contributed by atoms with Gasteiger partial charge in [0.1, 0.15) is 17.7 Å². The number of urea groups is 1. The van der Waals surface area contributed by atoms with Gasteiger partial charge in [-0.1, -0.05) is 0 Å². The molecule has 6 heteroatoms. The first-order chi connectivity index (χ1) is 10.7. The molecule has 1 radical (unpaired) electrons. The number of benzene rings is 1. The van der Waals surface area contributed by atoms with Gasteiger partial charge in [0.05, 0.1) is 19.8 Å². The lowest BCUT2D eigenvalue weighted by molar-refractivity contribution is 0.0330. The zero-order valence-corrected chi connectivity index (χ0v) is 12.5. The highest BCUT2D eigenvalue weighted by atomic mass is 19.1. The summed E-state index contributed by atoms with van der Waals surface area (Å²) in [6, 6.07) is 6.97. The highest BCUT2D eigenvalue weighted by molar-refractivity contribution is 5.74. The minimum atomic E-state index is -0.366. The molecule has 2 aliphatic heterocycles. The van der Waals surface area contributed by atoms with E-state index in [4.69, 9.17) is 9.47 Å². The molecule has 22 heavy (non-hydrogen) atoms. The van der Waals surface area contributed by atoms with Crippen LogP contribution in [0, 0.1) is 11.9 Å². The number of carbonyl (C=O) groups excluding carboxylic acids is 1. The minimum absolute atomic E-state index is 0.0439. The molecule has 1 aromatic rings. The second kappa shape index (κ2) is 6.96. The van der Waals surface area contributed by atoms with Crippen molar-refractivity contribution in [3.05, 3.63) is 30.1 Å². The van der Waals surface area contributed by atoms with E-state index in [-0.39, 0.29) is 18.0 Å². The Bertz CT molecular complexity index is 520. The van der Waals surface area contributed by atoms with Crippen LogP contribution >= 0.6 is 0 Å². The lowest BCUT2D eigenvalue weighted by Crippen LogP contribution is -2.52.